The highest BCUT2D eigenvalue weighted by Gasteiger charge is 2.09. The van der Waals surface area contributed by atoms with Crippen LogP contribution in [0.5, 0.6) is 0 Å². The fourth-order valence-electron chi connectivity index (χ4n) is 0.386. The van der Waals surface area contributed by atoms with E-state index >= 15 is 0 Å². The van der Waals surface area contributed by atoms with Gasteiger partial charge in [0.05, 0.1) is 0 Å². The standard InChI is InChI=1S/C6H14N2/c1-4-6(3,7)8-5-2/h5H,4,7H2,1-3H3/t6-/m1/s1. The fraction of sp³-hybridized carbons (Fsp3) is 0.833. The van der Waals surface area contributed by atoms with Crippen molar-refractivity contribution in [3.8, 4) is 0 Å². The van der Waals surface area contributed by atoms with Crippen LogP contribution in [-0.4, -0.2) is 11.9 Å². The van der Waals surface area contributed by atoms with E-state index in [1.54, 1.807) is 6.21 Å². The van der Waals surface area contributed by atoms with E-state index < -0.39 is 0 Å². The van der Waals surface area contributed by atoms with Crippen molar-refractivity contribution in [2.24, 2.45) is 10.7 Å². The number of nitrogens with two attached hydrogens (primary N) is 1. The molecule has 48 valence electrons. The van der Waals surface area contributed by atoms with Crippen molar-refractivity contribution in [2.45, 2.75) is 32.9 Å². The van der Waals surface area contributed by atoms with E-state index in [0.717, 1.165) is 6.42 Å². The van der Waals surface area contributed by atoms with Gasteiger partial charge in [0.25, 0.3) is 0 Å². The zero-order valence-corrected chi connectivity index (χ0v) is 5.81. The van der Waals surface area contributed by atoms with E-state index in [9.17, 15) is 0 Å². The number of hydrogen-bond donors (Lipinski definition) is 1. The second kappa shape index (κ2) is 2.82. The van der Waals surface area contributed by atoms with Gasteiger partial charge in [-0.25, -0.2) is 0 Å². The van der Waals surface area contributed by atoms with Crippen LogP contribution in [0, 0.1) is 0 Å². The van der Waals surface area contributed by atoms with Gasteiger partial charge in [-0.1, -0.05) is 6.92 Å². The Labute approximate surface area is 50.8 Å². The van der Waals surface area contributed by atoms with Crippen molar-refractivity contribution in [3.63, 3.8) is 0 Å². The molecule has 1 atom stereocenters. The number of rotatable bonds is 2. The fourth-order valence-corrected chi connectivity index (χ4v) is 0.386. The molecule has 0 rings (SSSR count). The molecule has 2 heteroatoms. The molecule has 0 amide bonds. The summed E-state index contributed by atoms with van der Waals surface area (Å²) >= 11 is 0. The number of aliphatic imine (C=N–C) groups is 1. The minimum atomic E-state index is -0.339. The Morgan fingerprint density at radius 2 is 2.25 bits per heavy atom. The lowest BCUT2D eigenvalue weighted by molar-refractivity contribution is 0.479. The molecule has 0 fully saturated rings. The van der Waals surface area contributed by atoms with Crippen molar-refractivity contribution >= 4 is 6.21 Å². The number of nitrogens with zero attached hydrogens (tertiary/aromatic N) is 1. The Hall–Kier alpha value is -0.370. The zero-order chi connectivity index (χ0) is 6.62. The largest absolute Gasteiger partial charge is 0.307 e. The highest BCUT2D eigenvalue weighted by molar-refractivity contribution is 5.53. The van der Waals surface area contributed by atoms with Gasteiger partial charge in [0.1, 0.15) is 5.66 Å². The van der Waals surface area contributed by atoms with Gasteiger partial charge in [-0.15, -0.1) is 0 Å². The third-order valence-electron chi connectivity index (χ3n) is 1.14. The first-order valence-electron chi connectivity index (χ1n) is 2.91. The first-order valence-corrected chi connectivity index (χ1v) is 2.91. The summed E-state index contributed by atoms with van der Waals surface area (Å²) in [5, 5.41) is 0. The summed E-state index contributed by atoms with van der Waals surface area (Å²) in [5.41, 5.74) is 5.29. The molecule has 0 aromatic carbocycles. The first-order chi connectivity index (χ1) is 3.62. The molecule has 0 aromatic rings. The summed E-state index contributed by atoms with van der Waals surface area (Å²) in [6, 6.07) is 0. The van der Waals surface area contributed by atoms with Crippen LogP contribution in [0.3, 0.4) is 0 Å². The van der Waals surface area contributed by atoms with Crippen LogP contribution in [0.4, 0.5) is 0 Å². The summed E-state index contributed by atoms with van der Waals surface area (Å²) in [6.45, 7) is 5.81. The van der Waals surface area contributed by atoms with Gasteiger partial charge in [0.2, 0.25) is 0 Å². The maximum Gasteiger partial charge on any atom is 0.104 e. The van der Waals surface area contributed by atoms with Crippen molar-refractivity contribution in [2.75, 3.05) is 0 Å². The van der Waals surface area contributed by atoms with Gasteiger partial charge in [-0.3, -0.25) is 4.99 Å². The Balaban J connectivity index is 3.71. The maximum atomic E-state index is 5.63. The normalized spacial score (nSPS) is 19.0. The van der Waals surface area contributed by atoms with Gasteiger partial charge < -0.3 is 5.73 Å². The molecule has 0 heterocycles. The van der Waals surface area contributed by atoms with Crippen molar-refractivity contribution in [3.05, 3.63) is 0 Å². The van der Waals surface area contributed by atoms with Crippen molar-refractivity contribution < 1.29 is 0 Å². The lowest BCUT2D eigenvalue weighted by atomic mass is 10.2. The molecule has 0 aliphatic heterocycles. The quantitative estimate of drug-likeness (QED) is 0.537. The van der Waals surface area contributed by atoms with Crippen LogP contribution in [0.25, 0.3) is 0 Å². The highest BCUT2D eigenvalue weighted by Crippen LogP contribution is 2.03. The molecule has 2 nitrogen and oxygen atoms in total. The molecule has 0 bridgehead atoms. The third kappa shape index (κ3) is 2.75. The van der Waals surface area contributed by atoms with Gasteiger partial charge in [0.15, 0.2) is 0 Å². The zero-order valence-electron chi connectivity index (χ0n) is 5.81. The predicted molar refractivity (Wildman–Crippen MR) is 37.0 cm³/mol. The predicted octanol–water partition coefficient (Wildman–Crippen LogP) is 1.16. The van der Waals surface area contributed by atoms with Crippen molar-refractivity contribution in [1.29, 1.82) is 0 Å². The monoisotopic (exact) mass is 114 g/mol. The van der Waals surface area contributed by atoms with Gasteiger partial charge >= 0.3 is 0 Å². The minimum Gasteiger partial charge on any atom is -0.307 e. The molecule has 0 aliphatic carbocycles. The lowest BCUT2D eigenvalue weighted by Gasteiger charge is -2.15. The second-order valence-corrected chi connectivity index (χ2v) is 2.10. The minimum absolute atomic E-state index is 0.339. The summed E-state index contributed by atoms with van der Waals surface area (Å²) < 4.78 is 0. The van der Waals surface area contributed by atoms with Crippen molar-refractivity contribution in [1.82, 2.24) is 0 Å². The first kappa shape index (κ1) is 7.63. The Morgan fingerprint density at radius 3 is 2.38 bits per heavy atom. The summed E-state index contributed by atoms with van der Waals surface area (Å²) in [4.78, 5) is 4.03. The molecule has 0 saturated carbocycles. The molecule has 8 heavy (non-hydrogen) atoms. The molecule has 2 N–H and O–H groups in total. The van der Waals surface area contributed by atoms with Crippen LogP contribution in [0.1, 0.15) is 27.2 Å². The maximum absolute atomic E-state index is 5.63. The molecular formula is C6H14N2. The smallest absolute Gasteiger partial charge is 0.104 e. The van der Waals surface area contributed by atoms with Crippen LogP contribution in [0.2, 0.25) is 0 Å². The van der Waals surface area contributed by atoms with Crippen LogP contribution in [0.15, 0.2) is 4.99 Å². The Kier molecular flexibility index (Phi) is 2.69. The van der Waals surface area contributed by atoms with E-state index in [0.29, 0.717) is 0 Å². The van der Waals surface area contributed by atoms with E-state index in [1.807, 2.05) is 20.8 Å². The van der Waals surface area contributed by atoms with E-state index in [1.165, 1.54) is 0 Å². The summed E-state index contributed by atoms with van der Waals surface area (Å²) in [5.74, 6) is 0. The SMILES string of the molecule is CC=N[C@@](C)(N)CC. The molecule has 0 saturated heterocycles. The van der Waals surface area contributed by atoms with Crippen LogP contribution in [-0.2, 0) is 0 Å². The summed E-state index contributed by atoms with van der Waals surface area (Å²) in [7, 11) is 0. The summed E-state index contributed by atoms with van der Waals surface area (Å²) in [6.07, 6.45) is 2.63. The molecular weight excluding hydrogens is 100 g/mol. The van der Waals surface area contributed by atoms with Gasteiger partial charge in [-0.2, -0.15) is 0 Å². The van der Waals surface area contributed by atoms with E-state index in [2.05, 4.69) is 4.99 Å². The Bertz CT molecular complexity index is 84.5. The third-order valence-corrected chi connectivity index (χ3v) is 1.14. The molecule has 0 spiro atoms. The average Bonchev–Trinajstić information content (AvgIpc) is 1.67. The number of hydrogen-bond acceptors (Lipinski definition) is 2. The highest BCUT2D eigenvalue weighted by atomic mass is 15.0. The Morgan fingerprint density at radius 1 is 1.75 bits per heavy atom. The molecule has 0 aromatic heterocycles. The van der Waals surface area contributed by atoms with E-state index in [4.69, 9.17) is 5.73 Å². The molecule has 0 radical (unpaired) electrons. The average molecular weight is 114 g/mol. The van der Waals surface area contributed by atoms with Crippen LogP contribution >= 0.6 is 0 Å². The topological polar surface area (TPSA) is 38.4 Å². The molecule has 0 unspecified atom stereocenters. The second-order valence-electron chi connectivity index (χ2n) is 2.10. The van der Waals surface area contributed by atoms with Gasteiger partial charge in [0, 0.05) is 0 Å². The lowest BCUT2D eigenvalue weighted by Crippen LogP contribution is -2.32. The van der Waals surface area contributed by atoms with Gasteiger partial charge in [-0.05, 0) is 26.5 Å². The van der Waals surface area contributed by atoms with Crippen LogP contribution < -0.4 is 5.73 Å². The van der Waals surface area contributed by atoms with E-state index in [-0.39, 0.29) is 5.66 Å². The molecule has 0 aliphatic rings.